The van der Waals surface area contributed by atoms with Crippen molar-refractivity contribution in [1.82, 2.24) is 25.1 Å². The van der Waals surface area contributed by atoms with Crippen molar-refractivity contribution < 1.29 is 13.7 Å². The van der Waals surface area contributed by atoms with Crippen LogP contribution in [-0.2, 0) is 6.42 Å². The van der Waals surface area contributed by atoms with Crippen LogP contribution < -0.4 is 5.32 Å². The zero-order valence-electron chi connectivity index (χ0n) is 13.8. The van der Waals surface area contributed by atoms with E-state index in [1.807, 2.05) is 5.38 Å². The minimum atomic E-state index is -0.327. The summed E-state index contributed by atoms with van der Waals surface area (Å²) < 4.78 is 20.0. The molecule has 0 aliphatic carbocycles. The van der Waals surface area contributed by atoms with Crippen LogP contribution in [0, 0.1) is 12.7 Å². The van der Waals surface area contributed by atoms with Crippen LogP contribution in [0.15, 0.2) is 40.2 Å². The SMILES string of the molecule is Cc1cc(C(=O)NCCc2csc3nc(-c4cccc(F)c4)nn23)no1. The van der Waals surface area contributed by atoms with Crippen LogP contribution in [0.25, 0.3) is 16.3 Å². The Labute approximate surface area is 151 Å². The number of thiazole rings is 1. The summed E-state index contributed by atoms with van der Waals surface area (Å²) in [4.78, 5) is 17.1. The molecular formula is C17H14FN5O2S. The van der Waals surface area contributed by atoms with Gasteiger partial charge in [-0.2, -0.15) is 4.98 Å². The van der Waals surface area contributed by atoms with Gasteiger partial charge in [0.15, 0.2) is 11.5 Å². The Morgan fingerprint density at radius 2 is 2.27 bits per heavy atom. The van der Waals surface area contributed by atoms with Crippen LogP contribution in [0.5, 0.6) is 0 Å². The van der Waals surface area contributed by atoms with Crippen molar-refractivity contribution in [2.75, 3.05) is 6.54 Å². The van der Waals surface area contributed by atoms with Gasteiger partial charge in [-0.15, -0.1) is 16.4 Å². The molecule has 0 unspecified atom stereocenters. The molecule has 0 radical (unpaired) electrons. The maximum atomic E-state index is 13.4. The summed E-state index contributed by atoms with van der Waals surface area (Å²) in [6.07, 6.45) is 0.578. The molecule has 0 saturated carbocycles. The van der Waals surface area contributed by atoms with E-state index < -0.39 is 0 Å². The van der Waals surface area contributed by atoms with E-state index in [0.29, 0.717) is 30.1 Å². The second-order valence-corrected chi connectivity index (χ2v) is 6.53. The van der Waals surface area contributed by atoms with Crippen molar-refractivity contribution in [1.29, 1.82) is 0 Å². The lowest BCUT2D eigenvalue weighted by molar-refractivity contribution is 0.0945. The van der Waals surface area contributed by atoms with Crippen LogP contribution >= 0.6 is 11.3 Å². The van der Waals surface area contributed by atoms with E-state index in [-0.39, 0.29) is 17.4 Å². The molecule has 1 N–H and O–H groups in total. The summed E-state index contributed by atoms with van der Waals surface area (Å²) in [5.41, 5.74) is 1.80. The molecular weight excluding hydrogens is 357 g/mol. The maximum absolute atomic E-state index is 13.4. The standard InChI is InChI=1S/C17H14FN5O2S/c1-10-7-14(22-25-10)16(24)19-6-5-13-9-26-17-20-15(21-23(13)17)11-3-2-4-12(18)8-11/h2-4,7-9H,5-6H2,1H3,(H,19,24). The first-order chi connectivity index (χ1) is 12.6. The number of rotatable bonds is 5. The Morgan fingerprint density at radius 3 is 3.04 bits per heavy atom. The predicted molar refractivity (Wildman–Crippen MR) is 93.5 cm³/mol. The molecule has 9 heteroatoms. The first kappa shape index (κ1) is 16.4. The fraction of sp³-hybridized carbons (Fsp3) is 0.176. The smallest absolute Gasteiger partial charge is 0.273 e. The lowest BCUT2D eigenvalue weighted by atomic mass is 10.2. The van der Waals surface area contributed by atoms with E-state index in [1.54, 1.807) is 29.6 Å². The van der Waals surface area contributed by atoms with Gasteiger partial charge in [0.2, 0.25) is 4.96 Å². The number of hydrogen-bond acceptors (Lipinski definition) is 6. The van der Waals surface area contributed by atoms with Crippen molar-refractivity contribution in [3.8, 4) is 11.4 Å². The average molecular weight is 371 g/mol. The zero-order chi connectivity index (χ0) is 18.1. The molecule has 0 atom stereocenters. The van der Waals surface area contributed by atoms with Gasteiger partial charge < -0.3 is 9.84 Å². The first-order valence-corrected chi connectivity index (χ1v) is 8.79. The van der Waals surface area contributed by atoms with Gasteiger partial charge in [-0.25, -0.2) is 8.91 Å². The summed E-state index contributed by atoms with van der Waals surface area (Å²) in [5.74, 6) is 0.445. The summed E-state index contributed by atoms with van der Waals surface area (Å²) in [6, 6.07) is 7.76. The molecule has 0 spiro atoms. The minimum absolute atomic E-state index is 0.257. The lowest BCUT2D eigenvalue weighted by Crippen LogP contribution is -2.26. The van der Waals surface area contributed by atoms with Gasteiger partial charge in [0, 0.05) is 30.0 Å². The molecule has 7 nitrogen and oxygen atoms in total. The summed E-state index contributed by atoms with van der Waals surface area (Å²) >= 11 is 1.45. The molecule has 0 fully saturated rings. The number of amides is 1. The van der Waals surface area contributed by atoms with Gasteiger partial charge in [-0.1, -0.05) is 17.3 Å². The van der Waals surface area contributed by atoms with E-state index in [2.05, 4.69) is 20.6 Å². The highest BCUT2D eigenvalue weighted by molar-refractivity contribution is 7.15. The topological polar surface area (TPSA) is 85.3 Å². The van der Waals surface area contributed by atoms with Crippen LogP contribution in [0.2, 0.25) is 0 Å². The number of fused-ring (bicyclic) bond motifs is 1. The van der Waals surface area contributed by atoms with Crippen LogP contribution in [0.4, 0.5) is 4.39 Å². The Bertz CT molecular complexity index is 1080. The molecule has 0 saturated heterocycles. The molecule has 26 heavy (non-hydrogen) atoms. The molecule has 132 valence electrons. The molecule has 0 bridgehead atoms. The lowest BCUT2D eigenvalue weighted by Gasteiger charge is -2.01. The normalized spacial score (nSPS) is 11.2. The van der Waals surface area contributed by atoms with Gasteiger partial charge in [0.05, 0.1) is 5.69 Å². The highest BCUT2D eigenvalue weighted by Crippen LogP contribution is 2.21. The van der Waals surface area contributed by atoms with Gasteiger partial charge in [0.1, 0.15) is 11.6 Å². The molecule has 0 aliphatic heterocycles. The Kier molecular flexibility index (Phi) is 4.21. The number of nitrogens with one attached hydrogen (secondary N) is 1. The number of nitrogens with zero attached hydrogens (tertiary/aromatic N) is 4. The van der Waals surface area contributed by atoms with Crippen molar-refractivity contribution >= 4 is 22.2 Å². The van der Waals surface area contributed by atoms with Crippen molar-refractivity contribution in [3.05, 3.63) is 58.7 Å². The van der Waals surface area contributed by atoms with Crippen molar-refractivity contribution in [3.63, 3.8) is 0 Å². The van der Waals surface area contributed by atoms with Crippen molar-refractivity contribution in [2.45, 2.75) is 13.3 Å². The molecule has 3 aromatic heterocycles. The Morgan fingerprint density at radius 1 is 1.38 bits per heavy atom. The fourth-order valence-electron chi connectivity index (χ4n) is 2.51. The van der Waals surface area contributed by atoms with Crippen LogP contribution in [-0.4, -0.2) is 32.2 Å². The minimum Gasteiger partial charge on any atom is -0.361 e. The van der Waals surface area contributed by atoms with Crippen molar-refractivity contribution in [2.24, 2.45) is 0 Å². The number of carbonyl (C=O) groups is 1. The highest BCUT2D eigenvalue weighted by Gasteiger charge is 2.13. The third kappa shape index (κ3) is 3.21. The van der Waals surface area contributed by atoms with E-state index in [9.17, 15) is 9.18 Å². The van der Waals surface area contributed by atoms with E-state index in [1.165, 1.54) is 23.5 Å². The Balaban J connectivity index is 1.46. The molecule has 0 aliphatic rings. The second kappa shape index (κ2) is 6.68. The average Bonchev–Trinajstić information content (AvgIpc) is 3.31. The van der Waals surface area contributed by atoms with E-state index >= 15 is 0 Å². The number of benzene rings is 1. The zero-order valence-corrected chi connectivity index (χ0v) is 14.6. The summed E-state index contributed by atoms with van der Waals surface area (Å²) in [5, 5.41) is 12.9. The fourth-order valence-corrected chi connectivity index (χ4v) is 3.37. The van der Waals surface area contributed by atoms with Gasteiger partial charge in [-0.05, 0) is 19.1 Å². The van der Waals surface area contributed by atoms with Crippen LogP contribution in [0.3, 0.4) is 0 Å². The highest BCUT2D eigenvalue weighted by atomic mass is 32.1. The summed E-state index contributed by atoms with van der Waals surface area (Å²) in [7, 11) is 0. The Hall–Kier alpha value is -3.07. The second-order valence-electron chi connectivity index (χ2n) is 5.70. The van der Waals surface area contributed by atoms with Gasteiger partial charge in [-0.3, -0.25) is 4.79 Å². The van der Waals surface area contributed by atoms with Gasteiger partial charge in [0.25, 0.3) is 5.91 Å². The quantitative estimate of drug-likeness (QED) is 0.583. The third-order valence-electron chi connectivity index (χ3n) is 3.76. The number of halogens is 1. The first-order valence-electron chi connectivity index (χ1n) is 7.91. The number of aromatic nitrogens is 4. The van der Waals surface area contributed by atoms with Crippen LogP contribution in [0.1, 0.15) is 21.9 Å². The van der Waals surface area contributed by atoms with Gasteiger partial charge >= 0.3 is 0 Å². The maximum Gasteiger partial charge on any atom is 0.273 e. The number of hydrogen-bond donors (Lipinski definition) is 1. The molecule has 4 aromatic rings. The summed E-state index contributed by atoms with van der Waals surface area (Å²) in [6.45, 7) is 2.15. The third-order valence-corrected chi connectivity index (χ3v) is 4.62. The monoisotopic (exact) mass is 371 g/mol. The molecule has 3 heterocycles. The number of aryl methyl sites for hydroxylation is 1. The number of carbonyl (C=O) groups excluding carboxylic acids is 1. The molecule has 4 rings (SSSR count). The van der Waals surface area contributed by atoms with E-state index in [0.717, 1.165) is 10.7 Å². The molecule has 1 amide bonds. The molecule has 1 aromatic carbocycles. The van der Waals surface area contributed by atoms with E-state index in [4.69, 9.17) is 4.52 Å². The largest absolute Gasteiger partial charge is 0.361 e. The predicted octanol–water partition coefficient (Wildman–Crippen LogP) is 2.87.